The third-order valence-corrected chi connectivity index (χ3v) is 3.64. The third-order valence-electron chi connectivity index (χ3n) is 3.41. The fourth-order valence-electron chi connectivity index (χ4n) is 2.29. The molecular formula is C17H15ClN2O2. The summed E-state index contributed by atoms with van der Waals surface area (Å²) in [6, 6.07) is 13.2. The molecule has 1 aromatic heterocycles. The fourth-order valence-corrected chi connectivity index (χ4v) is 2.50. The van der Waals surface area contributed by atoms with E-state index in [9.17, 15) is 4.79 Å². The Hall–Kier alpha value is -2.33. The monoisotopic (exact) mass is 314 g/mol. The van der Waals surface area contributed by atoms with Crippen LogP contribution in [-0.2, 0) is 17.8 Å². The van der Waals surface area contributed by atoms with E-state index in [0.717, 1.165) is 16.5 Å². The number of fused-ring (bicyclic) bond motifs is 1. The maximum Gasteiger partial charge on any atom is 0.226 e. The second-order valence-electron chi connectivity index (χ2n) is 5.21. The molecule has 0 aliphatic carbocycles. The van der Waals surface area contributed by atoms with Crippen molar-refractivity contribution in [3.8, 4) is 0 Å². The number of halogens is 1. The lowest BCUT2D eigenvalue weighted by Crippen LogP contribution is -2.24. The van der Waals surface area contributed by atoms with Crippen LogP contribution in [0, 0.1) is 6.92 Å². The number of benzene rings is 2. The maximum atomic E-state index is 12.1. The van der Waals surface area contributed by atoms with Gasteiger partial charge < -0.3 is 9.84 Å². The van der Waals surface area contributed by atoms with Crippen LogP contribution in [-0.4, -0.2) is 11.1 Å². The molecule has 0 radical (unpaired) electrons. The summed E-state index contributed by atoms with van der Waals surface area (Å²) in [5.41, 5.74) is 3.42. The average molecular weight is 315 g/mol. The lowest BCUT2D eigenvalue weighted by atomic mass is 10.1. The minimum Gasteiger partial charge on any atom is -0.356 e. The number of aromatic nitrogens is 1. The molecule has 22 heavy (non-hydrogen) atoms. The van der Waals surface area contributed by atoms with Gasteiger partial charge in [-0.25, -0.2) is 0 Å². The molecule has 1 N–H and O–H groups in total. The Kier molecular flexibility index (Phi) is 4.11. The van der Waals surface area contributed by atoms with Crippen LogP contribution in [0.1, 0.15) is 16.8 Å². The predicted molar refractivity (Wildman–Crippen MR) is 85.7 cm³/mol. The molecule has 1 amide bonds. The van der Waals surface area contributed by atoms with E-state index in [-0.39, 0.29) is 12.3 Å². The molecule has 4 nitrogen and oxygen atoms in total. The number of carbonyl (C=O) groups is 1. The number of rotatable bonds is 4. The molecule has 5 heteroatoms. The summed E-state index contributed by atoms with van der Waals surface area (Å²) in [4.78, 5) is 12.1. The highest BCUT2D eigenvalue weighted by molar-refractivity contribution is 6.30. The van der Waals surface area contributed by atoms with Crippen molar-refractivity contribution in [3.63, 3.8) is 0 Å². The first-order chi connectivity index (χ1) is 10.6. The molecule has 0 bridgehead atoms. The summed E-state index contributed by atoms with van der Waals surface area (Å²) >= 11 is 5.92. The van der Waals surface area contributed by atoms with E-state index in [0.29, 0.717) is 22.8 Å². The Labute approximate surface area is 133 Å². The van der Waals surface area contributed by atoms with Crippen molar-refractivity contribution in [2.24, 2.45) is 0 Å². The molecule has 3 aromatic rings. The Morgan fingerprint density at radius 3 is 2.95 bits per heavy atom. The van der Waals surface area contributed by atoms with Crippen molar-refractivity contribution in [3.05, 3.63) is 64.3 Å². The number of hydrogen-bond acceptors (Lipinski definition) is 3. The van der Waals surface area contributed by atoms with Gasteiger partial charge in [0.05, 0.1) is 6.42 Å². The standard InChI is InChI=1S/C17H15ClN2O2/c1-11-5-6-16-14(7-11)15(20-22-16)9-17(21)19-10-12-3-2-4-13(18)8-12/h2-8H,9-10H2,1H3,(H,19,21). The Morgan fingerprint density at radius 1 is 1.27 bits per heavy atom. The first kappa shape index (κ1) is 14.6. The average Bonchev–Trinajstić information content (AvgIpc) is 2.88. The first-order valence-corrected chi connectivity index (χ1v) is 7.35. The van der Waals surface area contributed by atoms with E-state index >= 15 is 0 Å². The SMILES string of the molecule is Cc1ccc2onc(CC(=O)NCc3cccc(Cl)c3)c2c1. The fraction of sp³-hybridized carbons (Fsp3) is 0.176. The quantitative estimate of drug-likeness (QED) is 0.799. The molecular weight excluding hydrogens is 300 g/mol. The second kappa shape index (κ2) is 6.20. The molecule has 112 valence electrons. The number of amides is 1. The highest BCUT2D eigenvalue weighted by Gasteiger charge is 2.12. The molecule has 0 fully saturated rings. The van der Waals surface area contributed by atoms with Crippen LogP contribution in [0.4, 0.5) is 0 Å². The van der Waals surface area contributed by atoms with Crippen molar-refractivity contribution in [1.82, 2.24) is 10.5 Å². The summed E-state index contributed by atoms with van der Waals surface area (Å²) in [5, 5.41) is 8.40. The van der Waals surface area contributed by atoms with Crippen molar-refractivity contribution in [1.29, 1.82) is 0 Å². The van der Waals surface area contributed by atoms with Crippen LogP contribution in [0.3, 0.4) is 0 Å². The summed E-state index contributed by atoms with van der Waals surface area (Å²) in [6.45, 7) is 2.43. The first-order valence-electron chi connectivity index (χ1n) is 6.98. The normalized spacial score (nSPS) is 10.8. The maximum absolute atomic E-state index is 12.1. The van der Waals surface area contributed by atoms with E-state index in [1.54, 1.807) is 6.07 Å². The van der Waals surface area contributed by atoms with Gasteiger partial charge in [-0.2, -0.15) is 0 Å². The van der Waals surface area contributed by atoms with Gasteiger partial charge in [0.1, 0.15) is 5.69 Å². The highest BCUT2D eigenvalue weighted by Crippen LogP contribution is 2.20. The number of nitrogens with one attached hydrogen (secondary N) is 1. The molecule has 3 rings (SSSR count). The lowest BCUT2D eigenvalue weighted by molar-refractivity contribution is -0.120. The lowest BCUT2D eigenvalue weighted by Gasteiger charge is -2.04. The number of aryl methyl sites for hydroxylation is 1. The van der Waals surface area contributed by atoms with Crippen molar-refractivity contribution in [2.45, 2.75) is 19.9 Å². The molecule has 2 aromatic carbocycles. The highest BCUT2D eigenvalue weighted by atomic mass is 35.5. The van der Waals surface area contributed by atoms with Gasteiger partial charge in [0.2, 0.25) is 5.91 Å². The van der Waals surface area contributed by atoms with E-state index in [4.69, 9.17) is 16.1 Å². The van der Waals surface area contributed by atoms with Gasteiger partial charge in [0, 0.05) is 17.0 Å². The number of hydrogen-bond donors (Lipinski definition) is 1. The van der Waals surface area contributed by atoms with Crippen LogP contribution in [0.25, 0.3) is 11.0 Å². The van der Waals surface area contributed by atoms with Gasteiger partial charge in [0.25, 0.3) is 0 Å². The number of carbonyl (C=O) groups excluding carboxylic acids is 1. The summed E-state index contributed by atoms with van der Waals surface area (Å²) in [6.07, 6.45) is 0.191. The summed E-state index contributed by atoms with van der Waals surface area (Å²) in [5.74, 6) is -0.100. The zero-order chi connectivity index (χ0) is 15.5. The van der Waals surface area contributed by atoms with Crippen LogP contribution in [0.15, 0.2) is 47.0 Å². The Morgan fingerprint density at radius 2 is 2.14 bits per heavy atom. The van der Waals surface area contributed by atoms with Gasteiger partial charge in [-0.3, -0.25) is 4.79 Å². The van der Waals surface area contributed by atoms with Gasteiger partial charge >= 0.3 is 0 Å². The van der Waals surface area contributed by atoms with Crippen molar-refractivity contribution in [2.75, 3.05) is 0 Å². The summed E-state index contributed by atoms with van der Waals surface area (Å²) in [7, 11) is 0. The molecule has 0 spiro atoms. The van der Waals surface area contributed by atoms with Crippen LogP contribution < -0.4 is 5.32 Å². The van der Waals surface area contributed by atoms with Gasteiger partial charge in [0.15, 0.2) is 5.58 Å². The molecule has 0 saturated heterocycles. The molecule has 1 heterocycles. The third kappa shape index (κ3) is 3.28. The van der Waals surface area contributed by atoms with E-state index in [1.807, 2.05) is 43.3 Å². The minimum atomic E-state index is -0.100. The van der Waals surface area contributed by atoms with Gasteiger partial charge in [-0.05, 0) is 36.8 Å². The molecule has 0 saturated carbocycles. The van der Waals surface area contributed by atoms with Crippen LogP contribution >= 0.6 is 11.6 Å². The van der Waals surface area contributed by atoms with Gasteiger partial charge in [-0.1, -0.05) is 40.5 Å². The molecule has 0 atom stereocenters. The Balaban J connectivity index is 1.67. The predicted octanol–water partition coefficient (Wildman–Crippen LogP) is 3.65. The topological polar surface area (TPSA) is 55.1 Å². The zero-order valence-corrected chi connectivity index (χ0v) is 12.9. The van der Waals surface area contributed by atoms with E-state index in [1.165, 1.54) is 0 Å². The van der Waals surface area contributed by atoms with E-state index < -0.39 is 0 Å². The van der Waals surface area contributed by atoms with Crippen LogP contribution in [0.5, 0.6) is 0 Å². The van der Waals surface area contributed by atoms with E-state index in [2.05, 4.69) is 10.5 Å². The molecule has 0 aliphatic heterocycles. The number of nitrogens with zero attached hydrogens (tertiary/aromatic N) is 1. The molecule has 0 aliphatic rings. The largest absolute Gasteiger partial charge is 0.356 e. The van der Waals surface area contributed by atoms with Crippen molar-refractivity contribution >= 4 is 28.5 Å². The van der Waals surface area contributed by atoms with Crippen molar-refractivity contribution < 1.29 is 9.32 Å². The van der Waals surface area contributed by atoms with Gasteiger partial charge in [-0.15, -0.1) is 0 Å². The molecule has 0 unspecified atom stereocenters. The zero-order valence-electron chi connectivity index (χ0n) is 12.1. The van der Waals surface area contributed by atoms with Crippen LogP contribution in [0.2, 0.25) is 5.02 Å². The Bertz CT molecular complexity index is 826. The summed E-state index contributed by atoms with van der Waals surface area (Å²) < 4.78 is 5.24. The second-order valence-corrected chi connectivity index (χ2v) is 5.65. The smallest absolute Gasteiger partial charge is 0.226 e. The minimum absolute atomic E-state index is 0.100.